The van der Waals surface area contributed by atoms with Crippen LogP contribution in [0.3, 0.4) is 0 Å². The van der Waals surface area contributed by atoms with E-state index in [-0.39, 0.29) is 19.0 Å². The summed E-state index contributed by atoms with van der Waals surface area (Å²) < 4.78 is 17.9. The molecule has 3 aromatic rings. The standard InChI is InChI=1S/C19H13BrN2O5/c20-13-3-5-17-21-14(8-18(23)22(17)9-13)10-25-19(24)6-2-12-1-4-15-16(7-12)27-11-26-15/h1-9H,10-11H2/b6-2+. The lowest BCUT2D eigenvalue weighted by molar-refractivity contribution is -0.139. The highest BCUT2D eigenvalue weighted by molar-refractivity contribution is 9.10. The molecule has 8 heteroatoms. The highest BCUT2D eigenvalue weighted by Gasteiger charge is 2.12. The number of ether oxygens (including phenoxy) is 3. The van der Waals surface area contributed by atoms with Crippen molar-refractivity contribution in [2.24, 2.45) is 0 Å². The van der Waals surface area contributed by atoms with Crippen LogP contribution < -0.4 is 15.0 Å². The van der Waals surface area contributed by atoms with Crippen molar-refractivity contribution in [3.63, 3.8) is 0 Å². The largest absolute Gasteiger partial charge is 0.456 e. The van der Waals surface area contributed by atoms with E-state index in [1.54, 1.807) is 42.6 Å². The third kappa shape index (κ3) is 3.85. The van der Waals surface area contributed by atoms with Gasteiger partial charge in [-0.1, -0.05) is 6.07 Å². The molecule has 1 aliphatic heterocycles. The van der Waals surface area contributed by atoms with Crippen molar-refractivity contribution in [3.8, 4) is 11.5 Å². The van der Waals surface area contributed by atoms with Gasteiger partial charge in [-0.2, -0.15) is 0 Å². The van der Waals surface area contributed by atoms with E-state index in [1.807, 2.05) is 0 Å². The molecular formula is C19H13BrN2O5. The molecule has 0 amide bonds. The molecule has 27 heavy (non-hydrogen) atoms. The van der Waals surface area contributed by atoms with Gasteiger partial charge in [0.05, 0.1) is 5.69 Å². The third-order valence-electron chi connectivity index (χ3n) is 3.85. The van der Waals surface area contributed by atoms with E-state index in [1.165, 1.54) is 16.5 Å². The van der Waals surface area contributed by atoms with Gasteiger partial charge in [0, 0.05) is 22.8 Å². The van der Waals surface area contributed by atoms with E-state index in [0.29, 0.717) is 22.8 Å². The fourth-order valence-corrected chi connectivity index (χ4v) is 2.91. The van der Waals surface area contributed by atoms with Gasteiger partial charge in [-0.05, 0) is 51.8 Å². The molecule has 0 radical (unpaired) electrons. The lowest BCUT2D eigenvalue weighted by Gasteiger charge is -2.05. The monoisotopic (exact) mass is 428 g/mol. The molecule has 0 fully saturated rings. The van der Waals surface area contributed by atoms with Gasteiger partial charge >= 0.3 is 5.97 Å². The smallest absolute Gasteiger partial charge is 0.331 e. The maximum Gasteiger partial charge on any atom is 0.331 e. The van der Waals surface area contributed by atoms with Crippen molar-refractivity contribution in [1.82, 2.24) is 9.38 Å². The summed E-state index contributed by atoms with van der Waals surface area (Å²) in [7, 11) is 0. The third-order valence-corrected chi connectivity index (χ3v) is 4.32. The number of hydrogen-bond acceptors (Lipinski definition) is 6. The molecule has 0 N–H and O–H groups in total. The fourth-order valence-electron chi connectivity index (χ4n) is 2.57. The number of pyridine rings is 1. The van der Waals surface area contributed by atoms with E-state index in [9.17, 15) is 9.59 Å². The topological polar surface area (TPSA) is 79.1 Å². The molecule has 0 aliphatic carbocycles. The summed E-state index contributed by atoms with van der Waals surface area (Å²) in [6, 6.07) is 10.2. The summed E-state index contributed by atoms with van der Waals surface area (Å²) in [5, 5.41) is 0. The molecule has 2 aromatic heterocycles. The SMILES string of the molecule is O=C(/C=C/c1ccc2c(c1)OCO2)OCc1cc(=O)n2cc(Br)ccc2n1. The number of hydrogen-bond donors (Lipinski definition) is 0. The van der Waals surface area contributed by atoms with E-state index >= 15 is 0 Å². The van der Waals surface area contributed by atoms with Gasteiger partial charge < -0.3 is 14.2 Å². The number of nitrogens with zero attached hydrogens (tertiary/aromatic N) is 2. The molecule has 0 spiro atoms. The second-order valence-corrected chi connectivity index (χ2v) is 6.63. The first kappa shape index (κ1) is 17.3. The van der Waals surface area contributed by atoms with Crippen molar-refractivity contribution >= 4 is 33.6 Å². The van der Waals surface area contributed by atoms with Gasteiger partial charge in [-0.15, -0.1) is 0 Å². The molecule has 0 saturated heterocycles. The minimum atomic E-state index is -0.537. The number of fused-ring (bicyclic) bond motifs is 2. The average Bonchev–Trinajstić information content (AvgIpc) is 3.13. The Morgan fingerprint density at radius 1 is 1.22 bits per heavy atom. The number of aromatic nitrogens is 2. The van der Waals surface area contributed by atoms with Crippen molar-refractivity contribution in [2.45, 2.75) is 6.61 Å². The molecule has 0 saturated carbocycles. The second kappa shape index (κ2) is 7.24. The maximum atomic E-state index is 12.1. The Balaban J connectivity index is 1.42. The van der Waals surface area contributed by atoms with Gasteiger partial charge in [-0.3, -0.25) is 9.20 Å². The number of carbonyl (C=O) groups excluding carboxylic acids is 1. The number of carbonyl (C=O) groups is 1. The molecule has 3 heterocycles. The molecule has 0 bridgehead atoms. The van der Waals surface area contributed by atoms with E-state index in [2.05, 4.69) is 20.9 Å². The first-order valence-electron chi connectivity index (χ1n) is 8.01. The molecule has 1 aliphatic rings. The molecule has 7 nitrogen and oxygen atoms in total. The predicted molar refractivity (Wildman–Crippen MR) is 101 cm³/mol. The molecule has 0 unspecified atom stereocenters. The predicted octanol–water partition coefficient (Wildman–Crippen LogP) is 2.94. The maximum absolute atomic E-state index is 12.1. The van der Waals surface area contributed by atoms with Crippen molar-refractivity contribution < 1.29 is 19.0 Å². The summed E-state index contributed by atoms with van der Waals surface area (Å²) >= 11 is 3.31. The second-order valence-electron chi connectivity index (χ2n) is 5.71. The first-order valence-corrected chi connectivity index (χ1v) is 8.80. The molecule has 136 valence electrons. The van der Waals surface area contributed by atoms with Crippen LogP contribution in [-0.2, 0) is 16.1 Å². The lowest BCUT2D eigenvalue weighted by Crippen LogP contribution is -2.16. The summed E-state index contributed by atoms with van der Waals surface area (Å²) in [4.78, 5) is 28.4. The Morgan fingerprint density at radius 3 is 2.96 bits per heavy atom. The van der Waals surface area contributed by atoms with Gasteiger partial charge in [0.15, 0.2) is 11.5 Å². The van der Waals surface area contributed by atoms with Gasteiger partial charge in [0.2, 0.25) is 6.79 Å². The van der Waals surface area contributed by atoms with Crippen LogP contribution in [0.4, 0.5) is 0 Å². The van der Waals surface area contributed by atoms with Gasteiger partial charge in [0.25, 0.3) is 5.56 Å². The zero-order valence-corrected chi connectivity index (χ0v) is 15.5. The van der Waals surface area contributed by atoms with E-state index in [4.69, 9.17) is 14.2 Å². The Morgan fingerprint density at radius 2 is 2.07 bits per heavy atom. The minimum absolute atomic E-state index is 0.0912. The van der Waals surface area contributed by atoms with Crippen LogP contribution in [0.15, 0.2) is 57.9 Å². The fraction of sp³-hybridized carbons (Fsp3) is 0.105. The van der Waals surface area contributed by atoms with Crippen molar-refractivity contribution in [2.75, 3.05) is 6.79 Å². The molecule has 4 rings (SSSR count). The molecule has 0 atom stereocenters. The number of benzene rings is 1. The summed E-state index contributed by atoms with van der Waals surface area (Å²) in [5.41, 5.74) is 1.40. The Kier molecular flexibility index (Phi) is 4.64. The summed E-state index contributed by atoms with van der Waals surface area (Å²) in [5.74, 6) is 0.777. The first-order chi connectivity index (χ1) is 13.1. The highest BCUT2D eigenvalue weighted by atomic mass is 79.9. The van der Waals surface area contributed by atoms with Crippen LogP contribution in [0, 0.1) is 0 Å². The molecule has 1 aromatic carbocycles. The van der Waals surface area contributed by atoms with E-state index < -0.39 is 5.97 Å². The van der Waals surface area contributed by atoms with Crippen LogP contribution in [0.1, 0.15) is 11.3 Å². The summed E-state index contributed by atoms with van der Waals surface area (Å²) in [6.07, 6.45) is 4.56. The lowest BCUT2D eigenvalue weighted by atomic mass is 10.2. The van der Waals surface area contributed by atoms with Crippen LogP contribution >= 0.6 is 15.9 Å². The average molecular weight is 429 g/mol. The normalized spacial score (nSPS) is 12.6. The van der Waals surface area contributed by atoms with Crippen LogP contribution in [-0.4, -0.2) is 22.1 Å². The highest BCUT2D eigenvalue weighted by Crippen LogP contribution is 2.32. The molecular weight excluding hydrogens is 416 g/mol. The minimum Gasteiger partial charge on any atom is -0.456 e. The Labute approximate surface area is 161 Å². The van der Waals surface area contributed by atoms with Crippen LogP contribution in [0.5, 0.6) is 11.5 Å². The number of esters is 1. The Bertz CT molecular complexity index is 1120. The quantitative estimate of drug-likeness (QED) is 0.469. The van der Waals surface area contributed by atoms with Gasteiger partial charge in [-0.25, -0.2) is 9.78 Å². The number of rotatable bonds is 4. The van der Waals surface area contributed by atoms with Crippen molar-refractivity contribution in [1.29, 1.82) is 0 Å². The summed E-state index contributed by atoms with van der Waals surface area (Å²) in [6.45, 7) is 0.104. The van der Waals surface area contributed by atoms with Crippen LogP contribution in [0.25, 0.3) is 11.7 Å². The van der Waals surface area contributed by atoms with E-state index in [0.717, 1.165) is 10.0 Å². The number of halogens is 1. The Hall–Kier alpha value is -3.13. The zero-order chi connectivity index (χ0) is 18.8. The zero-order valence-electron chi connectivity index (χ0n) is 13.9. The van der Waals surface area contributed by atoms with Crippen LogP contribution in [0.2, 0.25) is 0 Å². The van der Waals surface area contributed by atoms with Crippen molar-refractivity contribution in [3.05, 3.63) is 74.8 Å². The van der Waals surface area contributed by atoms with Gasteiger partial charge in [0.1, 0.15) is 12.3 Å².